The first-order valence-corrected chi connectivity index (χ1v) is 5.41. The van der Waals surface area contributed by atoms with E-state index < -0.39 is 11.3 Å². The summed E-state index contributed by atoms with van der Waals surface area (Å²) < 4.78 is 4.44. The van der Waals surface area contributed by atoms with Gasteiger partial charge in [-0.15, -0.1) is 11.6 Å². The molecule has 17 heavy (non-hydrogen) atoms. The van der Waals surface area contributed by atoms with Gasteiger partial charge in [-0.25, -0.2) is 0 Å². The molecule has 0 aromatic carbocycles. The Kier molecular flexibility index (Phi) is 4.90. The first-order valence-electron chi connectivity index (χ1n) is 4.97. The topological polar surface area (TPSA) is 68.3 Å². The highest BCUT2D eigenvalue weighted by Gasteiger charge is 2.17. The van der Waals surface area contributed by atoms with E-state index in [-0.39, 0.29) is 12.5 Å². The minimum absolute atomic E-state index is 0.0223. The number of alkyl halides is 1. The van der Waals surface area contributed by atoms with Crippen molar-refractivity contribution >= 4 is 23.5 Å². The molecule has 1 aromatic heterocycles. The van der Waals surface area contributed by atoms with Crippen LogP contribution < -0.4 is 5.32 Å². The minimum Gasteiger partial charge on any atom is -0.468 e. The van der Waals surface area contributed by atoms with Crippen LogP contribution in [-0.2, 0) is 9.53 Å². The molecule has 5 nitrogen and oxygen atoms in total. The third kappa shape index (κ3) is 4.03. The number of carbonyl (C=O) groups excluding carboxylic acids is 2. The largest absolute Gasteiger partial charge is 0.468 e. The number of amides is 1. The second-order valence-electron chi connectivity index (χ2n) is 3.39. The number of hydrogen-bond acceptors (Lipinski definition) is 4. The monoisotopic (exact) mass is 256 g/mol. The van der Waals surface area contributed by atoms with Crippen LogP contribution in [0.25, 0.3) is 0 Å². The molecule has 1 heterocycles. The van der Waals surface area contributed by atoms with Crippen molar-refractivity contribution < 1.29 is 14.3 Å². The first kappa shape index (κ1) is 13.4. The number of halogens is 1. The maximum absolute atomic E-state index is 11.7. The van der Waals surface area contributed by atoms with E-state index in [0.717, 1.165) is 5.69 Å². The Labute approximate surface area is 104 Å². The average molecular weight is 257 g/mol. The molecule has 0 aliphatic rings. The fourth-order valence-corrected chi connectivity index (χ4v) is 1.35. The predicted octanol–water partition coefficient (Wildman–Crippen LogP) is 0.900. The maximum atomic E-state index is 11.7. The molecule has 1 rings (SSSR count). The number of aromatic nitrogens is 1. The van der Waals surface area contributed by atoms with Gasteiger partial charge in [0.1, 0.15) is 5.38 Å². The lowest BCUT2D eigenvalue weighted by Crippen LogP contribution is -2.34. The van der Waals surface area contributed by atoms with Crippen molar-refractivity contribution in [1.82, 2.24) is 10.3 Å². The number of nitrogens with one attached hydrogen (secondary N) is 1. The Morgan fingerprint density at radius 3 is 2.88 bits per heavy atom. The van der Waals surface area contributed by atoms with Gasteiger partial charge in [-0.2, -0.15) is 0 Å². The van der Waals surface area contributed by atoms with E-state index in [2.05, 4.69) is 15.0 Å². The molecule has 1 aromatic rings. The second kappa shape index (κ2) is 6.20. The number of esters is 1. The quantitative estimate of drug-likeness (QED) is 0.642. The fraction of sp³-hybridized carbons (Fsp3) is 0.364. The number of ether oxygens (including phenoxy) is 1. The number of rotatable bonds is 4. The van der Waals surface area contributed by atoms with Crippen molar-refractivity contribution in [3.63, 3.8) is 0 Å². The Morgan fingerprint density at radius 2 is 2.29 bits per heavy atom. The molecule has 92 valence electrons. The molecule has 0 saturated carbocycles. The third-order valence-electron chi connectivity index (χ3n) is 2.06. The van der Waals surface area contributed by atoms with Crippen LogP contribution in [0, 0.1) is 6.92 Å². The van der Waals surface area contributed by atoms with Crippen LogP contribution in [0.5, 0.6) is 0 Å². The highest BCUT2D eigenvalue weighted by molar-refractivity contribution is 6.30. The molecule has 1 atom stereocenters. The van der Waals surface area contributed by atoms with Gasteiger partial charge in [0.25, 0.3) is 5.91 Å². The van der Waals surface area contributed by atoms with Crippen LogP contribution in [0.2, 0.25) is 0 Å². The second-order valence-corrected chi connectivity index (χ2v) is 3.91. The summed E-state index contributed by atoms with van der Waals surface area (Å²) in [6.45, 7) is 1.81. The van der Waals surface area contributed by atoms with Gasteiger partial charge in [-0.05, 0) is 19.1 Å². The molecule has 0 bridgehead atoms. The molecule has 0 saturated heterocycles. The van der Waals surface area contributed by atoms with Gasteiger partial charge in [0.15, 0.2) is 0 Å². The van der Waals surface area contributed by atoms with Crippen molar-refractivity contribution in [3.05, 3.63) is 29.6 Å². The molecular weight excluding hydrogens is 244 g/mol. The lowest BCUT2D eigenvalue weighted by Gasteiger charge is -2.09. The van der Waals surface area contributed by atoms with Gasteiger partial charge in [0.05, 0.1) is 7.11 Å². The number of aryl methyl sites for hydroxylation is 1. The van der Waals surface area contributed by atoms with E-state index in [1.807, 2.05) is 0 Å². The van der Waals surface area contributed by atoms with Crippen LogP contribution in [0.3, 0.4) is 0 Å². The number of pyridine rings is 1. The van der Waals surface area contributed by atoms with Crippen LogP contribution in [-0.4, -0.2) is 35.9 Å². The Balaban J connectivity index is 2.53. The van der Waals surface area contributed by atoms with Gasteiger partial charge in [-0.3, -0.25) is 14.6 Å². The Morgan fingerprint density at radius 1 is 1.59 bits per heavy atom. The van der Waals surface area contributed by atoms with Crippen LogP contribution in [0.4, 0.5) is 0 Å². The summed E-state index contributed by atoms with van der Waals surface area (Å²) in [7, 11) is 1.24. The van der Waals surface area contributed by atoms with E-state index in [9.17, 15) is 9.59 Å². The van der Waals surface area contributed by atoms with Gasteiger partial charge in [-0.1, -0.05) is 0 Å². The molecule has 0 radical (unpaired) electrons. The number of hydrogen-bond donors (Lipinski definition) is 1. The average Bonchev–Trinajstić information content (AvgIpc) is 2.34. The zero-order valence-electron chi connectivity index (χ0n) is 9.57. The minimum atomic E-state index is -0.883. The summed E-state index contributed by atoms with van der Waals surface area (Å²) in [4.78, 5) is 26.6. The Bertz CT molecular complexity index is 423. The molecular formula is C11H13ClN2O3. The normalized spacial score (nSPS) is 11.7. The predicted molar refractivity (Wildman–Crippen MR) is 63.0 cm³/mol. The van der Waals surface area contributed by atoms with E-state index in [1.165, 1.54) is 7.11 Å². The van der Waals surface area contributed by atoms with Gasteiger partial charge in [0.2, 0.25) is 0 Å². The van der Waals surface area contributed by atoms with Crippen molar-refractivity contribution in [2.75, 3.05) is 13.7 Å². The summed E-state index contributed by atoms with van der Waals surface area (Å²) in [5.41, 5.74) is 1.22. The van der Waals surface area contributed by atoms with Gasteiger partial charge in [0, 0.05) is 24.0 Å². The van der Waals surface area contributed by atoms with E-state index in [0.29, 0.717) is 5.56 Å². The highest BCUT2D eigenvalue weighted by Crippen LogP contribution is 2.02. The third-order valence-corrected chi connectivity index (χ3v) is 2.39. The van der Waals surface area contributed by atoms with Crippen molar-refractivity contribution in [3.8, 4) is 0 Å². The maximum Gasteiger partial charge on any atom is 0.325 e. The molecule has 0 aliphatic carbocycles. The van der Waals surface area contributed by atoms with Gasteiger partial charge >= 0.3 is 5.97 Å². The van der Waals surface area contributed by atoms with Crippen LogP contribution in [0.15, 0.2) is 18.3 Å². The van der Waals surface area contributed by atoms with E-state index in [1.54, 1.807) is 25.3 Å². The highest BCUT2D eigenvalue weighted by atomic mass is 35.5. The summed E-state index contributed by atoms with van der Waals surface area (Å²) in [5, 5.41) is 1.66. The van der Waals surface area contributed by atoms with E-state index >= 15 is 0 Å². The van der Waals surface area contributed by atoms with Crippen molar-refractivity contribution in [2.24, 2.45) is 0 Å². The van der Waals surface area contributed by atoms with Crippen LogP contribution in [0.1, 0.15) is 16.1 Å². The van der Waals surface area contributed by atoms with Crippen molar-refractivity contribution in [2.45, 2.75) is 12.3 Å². The summed E-state index contributed by atoms with van der Waals surface area (Å²) >= 11 is 5.69. The zero-order chi connectivity index (χ0) is 12.8. The molecule has 0 fully saturated rings. The summed E-state index contributed by atoms with van der Waals surface area (Å²) in [6, 6.07) is 3.24. The lowest BCUT2D eigenvalue weighted by atomic mass is 10.2. The SMILES string of the molecule is COC(=O)C(Cl)CNC(=O)c1ccnc(C)c1. The smallest absolute Gasteiger partial charge is 0.325 e. The summed E-state index contributed by atoms with van der Waals surface area (Å²) in [6.07, 6.45) is 1.54. The summed E-state index contributed by atoms with van der Waals surface area (Å²) in [5.74, 6) is -0.872. The van der Waals surface area contributed by atoms with Crippen molar-refractivity contribution in [1.29, 1.82) is 0 Å². The standard InChI is InChI=1S/C11H13ClN2O3/c1-7-5-8(3-4-13-7)10(15)14-6-9(12)11(16)17-2/h3-5,9H,6H2,1-2H3,(H,14,15). The molecule has 1 amide bonds. The molecule has 1 N–H and O–H groups in total. The molecule has 6 heteroatoms. The van der Waals surface area contributed by atoms with E-state index in [4.69, 9.17) is 11.6 Å². The van der Waals surface area contributed by atoms with Gasteiger partial charge < -0.3 is 10.1 Å². The molecule has 1 unspecified atom stereocenters. The lowest BCUT2D eigenvalue weighted by molar-refractivity contribution is -0.140. The fourth-order valence-electron chi connectivity index (χ4n) is 1.18. The van der Waals surface area contributed by atoms with Crippen LogP contribution >= 0.6 is 11.6 Å². The number of nitrogens with zero attached hydrogens (tertiary/aromatic N) is 1. The molecule has 0 aliphatic heterocycles. The Hall–Kier alpha value is -1.62. The number of methoxy groups -OCH3 is 1. The first-order chi connectivity index (χ1) is 8.04. The molecule has 0 spiro atoms. The zero-order valence-corrected chi connectivity index (χ0v) is 10.3. The number of carbonyl (C=O) groups is 2.